The molecule has 6 atom stereocenters. The molecule has 0 saturated heterocycles. The van der Waals surface area contributed by atoms with Gasteiger partial charge in [-0.3, -0.25) is 37.3 Å². The molecule has 19 heteroatoms. The van der Waals surface area contributed by atoms with E-state index in [0.29, 0.717) is 25.7 Å². The number of ether oxygens (including phenoxy) is 4. The number of rotatable bonds is 74. The Labute approximate surface area is 588 Å². The minimum atomic E-state index is -4.96. The van der Waals surface area contributed by atoms with Crippen LogP contribution in [-0.2, 0) is 65.4 Å². The number of carbonyl (C=O) groups is 4. The van der Waals surface area contributed by atoms with Crippen LogP contribution >= 0.6 is 15.6 Å². The monoisotopic (exact) mass is 1410 g/mol. The molecule has 96 heavy (non-hydrogen) atoms. The molecule has 0 saturated carbocycles. The van der Waals surface area contributed by atoms with Crippen molar-refractivity contribution >= 4 is 39.5 Å². The molecular formula is C77H150O17P2. The van der Waals surface area contributed by atoms with Crippen LogP contribution in [0.4, 0.5) is 0 Å². The van der Waals surface area contributed by atoms with E-state index in [0.717, 1.165) is 114 Å². The maximum atomic E-state index is 13.1. The number of esters is 4. The molecule has 0 aliphatic rings. The fourth-order valence-electron chi connectivity index (χ4n) is 11.7. The summed E-state index contributed by atoms with van der Waals surface area (Å²) in [5, 5.41) is 10.6. The number of aliphatic hydroxyl groups excluding tert-OH is 1. The van der Waals surface area contributed by atoms with Gasteiger partial charge in [0.05, 0.1) is 26.4 Å². The van der Waals surface area contributed by atoms with Crippen LogP contribution in [0.5, 0.6) is 0 Å². The first-order valence-corrected chi connectivity index (χ1v) is 42.7. The minimum Gasteiger partial charge on any atom is -0.462 e. The lowest BCUT2D eigenvalue weighted by atomic mass is 9.99. The summed E-state index contributed by atoms with van der Waals surface area (Å²) < 4.78 is 68.6. The Morgan fingerprint density at radius 2 is 0.500 bits per heavy atom. The molecular weight excluding hydrogens is 1260 g/mol. The Morgan fingerprint density at radius 3 is 0.740 bits per heavy atom. The summed E-state index contributed by atoms with van der Waals surface area (Å²) in [5.74, 6) is 0.961. The number of aliphatic hydroxyl groups is 1. The van der Waals surface area contributed by atoms with Gasteiger partial charge in [-0.15, -0.1) is 0 Å². The van der Waals surface area contributed by atoms with Crippen molar-refractivity contribution in [1.29, 1.82) is 0 Å². The molecule has 0 aromatic carbocycles. The van der Waals surface area contributed by atoms with Crippen molar-refractivity contribution in [3.63, 3.8) is 0 Å². The fourth-order valence-corrected chi connectivity index (χ4v) is 13.3. The molecule has 4 unspecified atom stereocenters. The second-order valence-electron chi connectivity index (χ2n) is 29.4. The van der Waals surface area contributed by atoms with Gasteiger partial charge in [0.15, 0.2) is 12.2 Å². The first kappa shape index (κ1) is 94.1. The molecule has 17 nitrogen and oxygen atoms in total. The van der Waals surface area contributed by atoms with E-state index in [1.165, 1.54) is 193 Å². The van der Waals surface area contributed by atoms with Gasteiger partial charge in [0.1, 0.15) is 19.3 Å². The zero-order valence-electron chi connectivity index (χ0n) is 63.0. The second-order valence-corrected chi connectivity index (χ2v) is 32.3. The lowest BCUT2D eigenvalue weighted by molar-refractivity contribution is -0.161. The predicted molar refractivity (Wildman–Crippen MR) is 391 cm³/mol. The van der Waals surface area contributed by atoms with Gasteiger partial charge < -0.3 is 33.8 Å². The lowest BCUT2D eigenvalue weighted by Gasteiger charge is -2.21. The highest BCUT2D eigenvalue weighted by molar-refractivity contribution is 7.47. The number of phosphoric ester groups is 2. The maximum Gasteiger partial charge on any atom is 0.472 e. The number of hydrogen-bond acceptors (Lipinski definition) is 15. The van der Waals surface area contributed by atoms with E-state index in [1.807, 2.05) is 0 Å². The Bertz CT molecular complexity index is 1890. The number of unbranched alkanes of at least 4 members (excludes halogenated alkanes) is 39. The molecule has 0 aliphatic carbocycles. The van der Waals surface area contributed by atoms with E-state index >= 15 is 0 Å². The van der Waals surface area contributed by atoms with Gasteiger partial charge in [-0.05, 0) is 49.4 Å². The largest absolute Gasteiger partial charge is 0.472 e. The van der Waals surface area contributed by atoms with E-state index in [2.05, 4.69) is 55.4 Å². The van der Waals surface area contributed by atoms with Crippen LogP contribution in [0.25, 0.3) is 0 Å². The highest BCUT2D eigenvalue weighted by atomic mass is 31.2. The average molecular weight is 1410 g/mol. The van der Waals surface area contributed by atoms with Crippen LogP contribution in [0.15, 0.2) is 0 Å². The predicted octanol–water partition coefficient (Wildman–Crippen LogP) is 22.4. The average Bonchev–Trinajstić information content (AvgIpc) is 1.40. The van der Waals surface area contributed by atoms with Crippen LogP contribution in [0.3, 0.4) is 0 Å². The van der Waals surface area contributed by atoms with Gasteiger partial charge in [-0.25, -0.2) is 9.13 Å². The van der Waals surface area contributed by atoms with Crippen LogP contribution in [0.1, 0.15) is 389 Å². The molecule has 0 fully saturated rings. The number of hydrogen-bond donors (Lipinski definition) is 3. The first-order valence-electron chi connectivity index (χ1n) is 39.7. The Morgan fingerprint density at radius 1 is 0.292 bits per heavy atom. The van der Waals surface area contributed by atoms with Crippen molar-refractivity contribution in [2.75, 3.05) is 39.6 Å². The second kappa shape index (κ2) is 66.3. The third kappa shape index (κ3) is 69.2. The van der Waals surface area contributed by atoms with Gasteiger partial charge in [-0.2, -0.15) is 0 Å². The SMILES string of the molecule is CCC(C)CCCCCCCCCCCCC(=O)OC[C@H](COP(=O)(O)OCC(O)COP(=O)(O)OC[C@@H](COC(=O)CCCCCCCCCCC(C)C)OC(=O)CCCCCCCCCCCC(C)C)OC(=O)CCCCCCCCCCCCCCCCCCC(C)C. The lowest BCUT2D eigenvalue weighted by Crippen LogP contribution is -2.30. The molecule has 0 heterocycles. The number of phosphoric acid groups is 2. The summed E-state index contributed by atoms with van der Waals surface area (Å²) >= 11 is 0. The third-order valence-electron chi connectivity index (χ3n) is 18.2. The van der Waals surface area contributed by atoms with Crippen LogP contribution in [0, 0.1) is 23.7 Å². The number of carbonyl (C=O) groups excluding carboxylic acids is 4. The van der Waals surface area contributed by atoms with Crippen LogP contribution in [-0.4, -0.2) is 96.7 Å². The summed E-state index contributed by atoms with van der Waals surface area (Å²) in [6.45, 7) is 14.2. The van der Waals surface area contributed by atoms with Gasteiger partial charge in [-0.1, -0.05) is 338 Å². The Balaban J connectivity index is 5.25. The molecule has 0 aliphatic heterocycles. The molecule has 0 spiro atoms. The third-order valence-corrected chi connectivity index (χ3v) is 20.1. The summed E-state index contributed by atoms with van der Waals surface area (Å²) in [7, 11) is -9.92. The Hall–Kier alpha value is -1.94. The molecule has 570 valence electrons. The van der Waals surface area contributed by atoms with E-state index in [9.17, 15) is 43.2 Å². The van der Waals surface area contributed by atoms with Gasteiger partial charge in [0.25, 0.3) is 0 Å². The van der Waals surface area contributed by atoms with Crippen LogP contribution in [0.2, 0.25) is 0 Å². The minimum absolute atomic E-state index is 0.104. The molecule has 0 bridgehead atoms. The highest BCUT2D eigenvalue weighted by Crippen LogP contribution is 2.45. The molecule has 0 aromatic rings. The zero-order chi connectivity index (χ0) is 71.0. The van der Waals surface area contributed by atoms with Crippen molar-refractivity contribution in [2.24, 2.45) is 23.7 Å². The van der Waals surface area contributed by atoms with Crippen molar-refractivity contribution < 1.29 is 80.2 Å². The standard InChI is InChI=1S/C77H150O17P2/c1-9-70(8)56-48-40-32-23-18-19-24-33-41-49-57-74(79)87-63-72(93-76(81)59-51-43-35-25-17-15-13-11-10-12-14-16-21-29-37-45-53-67(2)3)65-91-95(83,84)89-61-71(78)62-90-96(85,86)92-66-73(64-88-75(80)58-50-42-34-28-27-31-39-47-55-69(6)7)94-77(82)60-52-44-36-26-20-22-30-38-46-54-68(4)5/h67-73,78H,9-66H2,1-8H3,(H,83,84)(H,85,86)/t70?,71?,72-,73-/m1/s1. The molecule has 0 aromatic heterocycles. The van der Waals surface area contributed by atoms with Gasteiger partial charge >= 0.3 is 39.5 Å². The fraction of sp³-hybridized carbons (Fsp3) is 0.948. The molecule has 3 N–H and O–H groups in total. The van der Waals surface area contributed by atoms with Gasteiger partial charge in [0, 0.05) is 25.7 Å². The zero-order valence-corrected chi connectivity index (χ0v) is 64.8. The van der Waals surface area contributed by atoms with Crippen molar-refractivity contribution in [3.05, 3.63) is 0 Å². The van der Waals surface area contributed by atoms with Crippen molar-refractivity contribution in [2.45, 2.75) is 408 Å². The van der Waals surface area contributed by atoms with Crippen molar-refractivity contribution in [3.8, 4) is 0 Å². The summed E-state index contributed by atoms with van der Waals surface area (Å²) in [4.78, 5) is 72.9. The quantitative estimate of drug-likeness (QED) is 0.0222. The topological polar surface area (TPSA) is 237 Å². The van der Waals surface area contributed by atoms with E-state index in [1.54, 1.807) is 0 Å². The van der Waals surface area contributed by atoms with E-state index in [-0.39, 0.29) is 25.7 Å². The summed E-state index contributed by atoms with van der Waals surface area (Å²) in [6.07, 6.45) is 51.3. The van der Waals surface area contributed by atoms with E-state index in [4.69, 9.17) is 37.0 Å². The molecule has 0 radical (unpaired) electrons. The summed E-state index contributed by atoms with van der Waals surface area (Å²) in [6, 6.07) is 0. The van der Waals surface area contributed by atoms with Crippen molar-refractivity contribution in [1.82, 2.24) is 0 Å². The highest BCUT2D eigenvalue weighted by Gasteiger charge is 2.30. The summed E-state index contributed by atoms with van der Waals surface area (Å²) in [5.41, 5.74) is 0. The maximum absolute atomic E-state index is 13.1. The molecule has 0 rings (SSSR count). The smallest absolute Gasteiger partial charge is 0.462 e. The van der Waals surface area contributed by atoms with E-state index < -0.39 is 97.5 Å². The normalized spacial score (nSPS) is 14.4. The Kier molecular flexibility index (Phi) is 65.0. The first-order chi connectivity index (χ1) is 46.1. The molecule has 0 amide bonds. The van der Waals surface area contributed by atoms with Gasteiger partial charge in [0.2, 0.25) is 0 Å². The van der Waals surface area contributed by atoms with Crippen LogP contribution < -0.4 is 0 Å².